The van der Waals surface area contributed by atoms with Crippen LogP contribution < -0.4 is 5.73 Å². The Kier molecular flexibility index (Phi) is 3.04. The Hall–Kier alpha value is -1.50. The van der Waals surface area contributed by atoms with E-state index in [1.807, 2.05) is 0 Å². The average Bonchev–Trinajstić information content (AvgIpc) is 2.35. The first kappa shape index (κ1) is 11.6. The van der Waals surface area contributed by atoms with Crippen molar-refractivity contribution in [2.45, 2.75) is 6.92 Å². The van der Waals surface area contributed by atoms with Gasteiger partial charge in [0.2, 0.25) is 0 Å². The van der Waals surface area contributed by atoms with Crippen molar-refractivity contribution in [1.82, 2.24) is 9.80 Å². The first-order valence-electron chi connectivity index (χ1n) is 4.29. The third-order valence-corrected chi connectivity index (χ3v) is 2.60. The summed E-state index contributed by atoms with van der Waals surface area (Å²) < 4.78 is 0. The summed E-state index contributed by atoms with van der Waals surface area (Å²) in [4.78, 5) is 35.7. The maximum Gasteiger partial charge on any atom is 0.333 e. The molecule has 0 spiro atoms. The molecule has 0 saturated carbocycles. The average molecular weight is 229 g/mol. The second kappa shape index (κ2) is 3.93. The van der Waals surface area contributed by atoms with Gasteiger partial charge in [-0.25, -0.2) is 4.79 Å². The van der Waals surface area contributed by atoms with Crippen molar-refractivity contribution in [3.8, 4) is 0 Å². The number of likely N-dealkylation sites (N-methyl/N-ethyl adjacent to an activating group) is 1. The molecule has 1 aliphatic rings. The summed E-state index contributed by atoms with van der Waals surface area (Å²) in [5, 5.41) is 0. The van der Waals surface area contributed by atoms with Gasteiger partial charge in [0.1, 0.15) is 0 Å². The number of hydrogen-bond donors (Lipinski definition) is 1. The molecule has 0 radical (unpaired) electrons. The molecule has 6 nitrogen and oxygen atoms in total. The minimum Gasteiger partial charge on any atom is -0.393 e. The van der Waals surface area contributed by atoms with Crippen LogP contribution in [0.15, 0.2) is 0 Å². The molecular formula is C8H11N3O3S. The third kappa shape index (κ3) is 1.96. The standard InChI is InChI=1S/C8H11N3O3S/c1-4(5(9)15)3-11-7(13)6(12)10(2)8(11)14/h4H,3H2,1-2H3,(H2,9,15). The van der Waals surface area contributed by atoms with Crippen LogP contribution in [0.4, 0.5) is 4.79 Å². The number of carbonyl (C=O) groups excluding carboxylic acids is 3. The summed E-state index contributed by atoms with van der Waals surface area (Å²) in [7, 11) is 1.26. The van der Waals surface area contributed by atoms with Crippen LogP contribution in [0.5, 0.6) is 0 Å². The quantitative estimate of drug-likeness (QED) is 0.394. The van der Waals surface area contributed by atoms with Crippen LogP contribution >= 0.6 is 12.2 Å². The van der Waals surface area contributed by atoms with E-state index in [4.69, 9.17) is 18.0 Å². The van der Waals surface area contributed by atoms with Crippen molar-refractivity contribution in [3.63, 3.8) is 0 Å². The lowest BCUT2D eigenvalue weighted by molar-refractivity contribution is -0.142. The van der Waals surface area contributed by atoms with Crippen molar-refractivity contribution in [2.24, 2.45) is 11.7 Å². The van der Waals surface area contributed by atoms with E-state index in [-0.39, 0.29) is 17.5 Å². The minimum atomic E-state index is -0.828. The molecule has 1 aliphatic heterocycles. The van der Waals surface area contributed by atoms with Crippen LogP contribution in [0, 0.1) is 5.92 Å². The minimum absolute atomic E-state index is 0.0447. The molecule has 0 bridgehead atoms. The predicted molar refractivity (Wildman–Crippen MR) is 55.8 cm³/mol. The zero-order valence-electron chi connectivity index (χ0n) is 8.39. The van der Waals surface area contributed by atoms with Crippen molar-refractivity contribution in [2.75, 3.05) is 13.6 Å². The van der Waals surface area contributed by atoms with Crippen molar-refractivity contribution < 1.29 is 14.4 Å². The third-order valence-electron chi connectivity index (χ3n) is 2.19. The maximum atomic E-state index is 11.4. The number of carbonyl (C=O) groups is 3. The molecule has 1 unspecified atom stereocenters. The smallest absolute Gasteiger partial charge is 0.333 e. The number of nitrogens with two attached hydrogens (primary N) is 1. The normalized spacial score (nSPS) is 18.7. The van der Waals surface area contributed by atoms with Gasteiger partial charge in [-0.3, -0.25) is 19.4 Å². The van der Waals surface area contributed by atoms with Gasteiger partial charge in [0, 0.05) is 19.5 Å². The van der Waals surface area contributed by atoms with E-state index < -0.39 is 17.8 Å². The number of thiocarbonyl (C=S) groups is 1. The maximum absolute atomic E-state index is 11.4. The lowest BCUT2D eigenvalue weighted by Crippen LogP contribution is -2.38. The first-order valence-corrected chi connectivity index (χ1v) is 4.70. The highest BCUT2D eigenvalue weighted by Crippen LogP contribution is 2.12. The topological polar surface area (TPSA) is 83.7 Å². The molecule has 1 fully saturated rings. The van der Waals surface area contributed by atoms with E-state index in [9.17, 15) is 14.4 Å². The van der Waals surface area contributed by atoms with Gasteiger partial charge in [-0.2, -0.15) is 0 Å². The molecular weight excluding hydrogens is 218 g/mol. The molecule has 82 valence electrons. The highest BCUT2D eigenvalue weighted by atomic mass is 32.1. The molecule has 2 N–H and O–H groups in total. The Bertz CT molecular complexity index is 355. The summed E-state index contributed by atoms with van der Waals surface area (Å²) in [6.45, 7) is 1.73. The fourth-order valence-electron chi connectivity index (χ4n) is 1.14. The van der Waals surface area contributed by atoms with Crippen LogP contribution in [0.1, 0.15) is 6.92 Å². The second-order valence-corrected chi connectivity index (χ2v) is 3.84. The van der Waals surface area contributed by atoms with Crippen LogP contribution in [0.25, 0.3) is 0 Å². The van der Waals surface area contributed by atoms with Gasteiger partial charge in [-0.05, 0) is 0 Å². The molecule has 0 aliphatic carbocycles. The van der Waals surface area contributed by atoms with E-state index >= 15 is 0 Å². The lowest BCUT2D eigenvalue weighted by atomic mass is 10.2. The van der Waals surface area contributed by atoms with Crippen molar-refractivity contribution >= 4 is 35.1 Å². The summed E-state index contributed by atoms with van der Waals surface area (Å²) in [5.74, 6) is -1.95. The summed E-state index contributed by atoms with van der Waals surface area (Å²) >= 11 is 4.72. The molecule has 1 rings (SSSR count). The summed E-state index contributed by atoms with van der Waals surface area (Å²) in [6, 6.07) is -0.631. The Balaban J connectivity index is 2.80. The van der Waals surface area contributed by atoms with Gasteiger partial charge in [0.25, 0.3) is 0 Å². The van der Waals surface area contributed by atoms with Gasteiger partial charge in [0.15, 0.2) is 0 Å². The predicted octanol–water partition coefficient (Wildman–Crippen LogP) is -0.671. The lowest BCUT2D eigenvalue weighted by Gasteiger charge is -2.16. The number of nitrogens with zero attached hydrogens (tertiary/aromatic N) is 2. The molecule has 0 aromatic rings. The Morgan fingerprint density at radius 3 is 2.27 bits per heavy atom. The molecule has 0 aromatic heterocycles. The van der Waals surface area contributed by atoms with Crippen LogP contribution in [-0.4, -0.2) is 46.2 Å². The molecule has 1 saturated heterocycles. The van der Waals surface area contributed by atoms with Crippen LogP contribution in [-0.2, 0) is 9.59 Å². The van der Waals surface area contributed by atoms with Gasteiger partial charge < -0.3 is 5.73 Å². The fraction of sp³-hybridized carbons (Fsp3) is 0.500. The number of imide groups is 2. The first-order chi connectivity index (χ1) is 6.86. The Morgan fingerprint density at radius 1 is 1.40 bits per heavy atom. The monoisotopic (exact) mass is 229 g/mol. The molecule has 4 amide bonds. The van der Waals surface area contributed by atoms with E-state index in [0.29, 0.717) is 0 Å². The SMILES string of the molecule is CC(CN1C(=O)C(=O)N(C)C1=O)C(N)=S. The van der Waals surface area contributed by atoms with E-state index in [0.717, 1.165) is 9.80 Å². The van der Waals surface area contributed by atoms with Gasteiger partial charge in [-0.1, -0.05) is 19.1 Å². The Morgan fingerprint density at radius 2 is 1.93 bits per heavy atom. The Labute approximate surface area is 92.0 Å². The van der Waals surface area contributed by atoms with E-state index in [1.54, 1.807) is 6.92 Å². The largest absolute Gasteiger partial charge is 0.393 e. The zero-order valence-corrected chi connectivity index (χ0v) is 9.21. The number of hydrogen-bond acceptors (Lipinski definition) is 4. The van der Waals surface area contributed by atoms with Crippen LogP contribution in [0.2, 0.25) is 0 Å². The van der Waals surface area contributed by atoms with Gasteiger partial charge >= 0.3 is 17.8 Å². The highest BCUT2D eigenvalue weighted by Gasteiger charge is 2.42. The molecule has 1 heterocycles. The van der Waals surface area contributed by atoms with Gasteiger partial charge in [0.05, 0.1) is 4.99 Å². The summed E-state index contributed by atoms with van der Waals surface area (Å²) in [5.41, 5.74) is 5.36. The number of urea groups is 1. The van der Waals surface area contributed by atoms with Gasteiger partial charge in [-0.15, -0.1) is 0 Å². The van der Waals surface area contributed by atoms with Crippen molar-refractivity contribution in [3.05, 3.63) is 0 Å². The molecule has 15 heavy (non-hydrogen) atoms. The molecule has 0 aromatic carbocycles. The summed E-state index contributed by atoms with van der Waals surface area (Å²) in [6.07, 6.45) is 0. The number of rotatable bonds is 3. The van der Waals surface area contributed by atoms with Crippen LogP contribution in [0.3, 0.4) is 0 Å². The molecule has 1 atom stereocenters. The molecule has 7 heteroatoms. The fourth-order valence-corrected chi connectivity index (χ4v) is 1.21. The highest BCUT2D eigenvalue weighted by molar-refractivity contribution is 7.80. The number of amides is 4. The van der Waals surface area contributed by atoms with Crippen molar-refractivity contribution in [1.29, 1.82) is 0 Å². The van der Waals surface area contributed by atoms with E-state index in [2.05, 4.69) is 0 Å². The zero-order chi connectivity index (χ0) is 11.7. The van der Waals surface area contributed by atoms with E-state index in [1.165, 1.54) is 7.05 Å². The second-order valence-electron chi connectivity index (χ2n) is 3.37.